The van der Waals surface area contributed by atoms with Gasteiger partial charge < -0.3 is 9.47 Å². The van der Waals surface area contributed by atoms with Gasteiger partial charge in [-0.15, -0.1) is 0 Å². The van der Waals surface area contributed by atoms with Crippen LogP contribution in [0.25, 0.3) is 0 Å². The van der Waals surface area contributed by atoms with Crippen LogP contribution < -0.4 is 0 Å². The van der Waals surface area contributed by atoms with Gasteiger partial charge in [0.25, 0.3) is 0 Å². The Morgan fingerprint density at radius 1 is 1.47 bits per heavy atom. The Bertz CT molecular complexity index is 372. The number of aromatic nitrogens is 1. The molecule has 1 aliphatic rings. The zero-order valence-corrected chi connectivity index (χ0v) is 9.89. The summed E-state index contributed by atoms with van der Waals surface area (Å²) in [6.07, 6.45) is 1.72. The molecule has 2 rings (SSSR count). The molecule has 0 radical (unpaired) electrons. The molecule has 0 saturated carbocycles. The van der Waals surface area contributed by atoms with Crippen molar-refractivity contribution < 1.29 is 14.3 Å². The molecule has 0 unspecified atom stereocenters. The lowest BCUT2D eigenvalue weighted by Crippen LogP contribution is -2.35. The molecular formula is C12H16N2O3. The van der Waals surface area contributed by atoms with Crippen LogP contribution in [0.4, 0.5) is 0 Å². The third-order valence-corrected chi connectivity index (χ3v) is 2.73. The summed E-state index contributed by atoms with van der Waals surface area (Å²) < 4.78 is 9.88. The van der Waals surface area contributed by atoms with Crippen LogP contribution in [0.15, 0.2) is 18.3 Å². The summed E-state index contributed by atoms with van der Waals surface area (Å²) in [7, 11) is 1.35. The molecule has 0 atom stereocenters. The number of hydrogen-bond acceptors (Lipinski definition) is 5. The summed E-state index contributed by atoms with van der Waals surface area (Å²) in [5.41, 5.74) is 1.44. The lowest BCUT2D eigenvalue weighted by atomic mass is 10.2. The van der Waals surface area contributed by atoms with E-state index in [1.54, 1.807) is 12.3 Å². The van der Waals surface area contributed by atoms with Crippen LogP contribution in [0.2, 0.25) is 0 Å². The highest BCUT2D eigenvalue weighted by Crippen LogP contribution is 2.07. The van der Waals surface area contributed by atoms with Gasteiger partial charge in [-0.2, -0.15) is 0 Å². The van der Waals surface area contributed by atoms with E-state index in [4.69, 9.17) is 4.74 Å². The first kappa shape index (κ1) is 12.0. The van der Waals surface area contributed by atoms with Crippen LogP contribution in [0.1, 0.15) is 16.1 Å². The lowest BCUT2D eigenvalue weighted by molar-refractivity contribution is 0.0341. The maximum Gasteiger partial charge on any atom is 0.356 e. The Hall–Kier alpha value is -1.46. The number of ether oxygens (including phenoxy) is 2. The van der Waals surface area contributed by atoms with Crippen molar-refractivity contribution in [1.29, 1.82) is 0 Å². The zero-order chi connectivity index (χ0) is 12.1. The predicted molar refractivity (Wildman–Crippen MR) is 61.7 cm³/mol. The van der Waals surface area contributed by atoms with Crippen molar-refractivity contribution in [2.45, 2.75) is 6.54 Å². The maximum absolute atomic E-state index is 11.2. The van der Waals surface area contributed by atoms with E-state index in [-0.39, 0.29) is 0 Å². The van der Waals surface area contributed by atoms with Gasteiger partial charge in [-0.05, 0) is 11.6 Å². The number of carbonyl (C=O) groups excluding carboxylic acids is 1. The predicted octanol–water partition coefficient (Wildman–Crippen LogP) is 0.700. The van der Waals surface area contributed by atoms with E-state index in [1.807, 2.05) is 6.07 Å². The fourth-order valence-corrected chi connectivity index (χ4v) is 1.76. The number of carbonyl (C=O) groups is 1. The number of methoxy groups -OCH3 is 1. The average Bonchev–Trinajstić information content (AvgIpc) is 2.40. The van der Waals surface area contributed by atoms with Crippen molar-refractivity contribution in [2.24, 2.45) is 0 Å². The van der Waals surface area contributed by atoms with Gasteiger partial charge in [0.05, 0.1) is 20.3 Å². The smallest absolute Gasteiger partial charge is 0.356 e. The Kier molecular flexibility index (Phi) is 4.06. The van der Waals surface area contributed by atoms with Crippen LogP contribution in [0, 0.1) is 0 Å². The summed E-state index contributed by atoms with van der Waals surface area (Å²) in [6, 6.07) is 3.61. The van der Waals surface area contributed by atoms with Gasteiger partial charge in [0.15, 0.2) is 0 Å². The van der Waals surface area contributed by atoms with E-state index in [1.165, 1.54) is 7.11 Å². The fourth-order valence-electron chi connectivity index (χ4n) is 1.76. The van der Waals surface area contributed by atoms with Crippen LogP contribution in [-0.2, 0) is 16.0 Å². The van der Waals surface area contributed by atoms with Gasteiger partial charge in [-0.1, -0.05) is 6.07 Å². The molecule has 1 saturated heterocycles. The monoisotopic (exact) mass is 236 g/mol. The SMILES string of the molecule is COC(=O)c1ccc(CN2CCOCC2)cn1. The Morgan fingerprint density at radius 3 is 2.82 bits per heavy atom. The Morgan fingerprint density at radius 2 is 2.24 bits per heavy atom. The van der Waals surface area contributed by atoms with Gasteiger partial charge in [0.2, 0.25) is 0 Å². The van der Waals surface area contributed by atoms with Crippen molar-refractivity contribution in [2.75, 3.05) is 33.4 Å². The minimum absolute atomic E-state index is 0.346. The van der Waals surface area contributed by atoms with E-state index in [9.17, 15) is 4.79 Å². The molecule has 2 heterocycles. The number of rotatable bonds is 3. The Balaban J connectivity index is 1.95. The van der Waals surface area contributed by atoms with Crippen LogP contribution in [-0.4, -0.2) is 49.3 Å². The quantitative estimate of drug-likeness (QED) is 0.723. The second kappa shape index (κ2) is 5.75. The summed E-state index contributed by atoms with van der Waals surface area (Å²) in [5.74, 6) is -0.400. The number of morpholine rings is 1. The molecule has 0 N–H and O–H groups in total. The fraction of sp³-hybridized carbons (Fsp3) is 0.500. The van der Waals surface area contributed by atoms with Crippen LogP contribution in [0.3, 0.4) is 0 Å². The van der Waals surface area contributed by atoms with Gasteiger partial charge >= 0.3 is 5.97 Å². The zero-order valence-electron chi connectivity index (χ0n) is 9.89. The first-order valence-corrected chi connectivity index (χ1v) is 5.63. The van der Waals surface area contributed by atoms with Crippen LogP contribution >= 0.6 is 0 Å². The van der Waals surface area contributed by atoms with E-state index < -0.39 is 5.97 Å². The average molecular weight is 236 g/mol. The summed E-state index contributed by atoms with van der Waals surface area (Å²) in [4.78, 5) is 17.6. The van der Waals surface area contributed by atoms with Gasteiger partial charge in [-0.25, -0.2) is 9.78 Å². The molecule has 1 aromatic rings. The third-order valence-electron chi connectivity index (χ3n) is 2.73. The highest BCUT2D eigenvalue weighted by atomic mass is 16.5. The molecule has 1 aliphatic heterocycles. The van der Waals surface area contributed by atoms with E-state index in [0.717, 1.165) is 38.4 Å². The van der Waals surface area contributed by atoms with E-state index in [2.05, 4.69) is 14.6 Å². The van der Waals surface area contributed by atoms with Crippen molar-refractivity contribution >= 4 is 5.97 Å². The minimum atomic E-state index is -0.400. The molecule has 1 aromatic heterocycles. The topological polar surface area (TPSA) is 51.7 Å². The van der Waals surface area contributed by atoms with Gasteiger partial charge in [0.1, 0.15) is 5.69 Å². The largest absolute Gasteiger partial charge is 0.464 e. The van der Waals surface area contributed by atoms with Crippen molar-refractivity contribution in [3.8, 4) is 0 Å². The maximum atomic E-state index is 11.2. The molecule has 0 amide bonds. The first-order chi connectivity index (χ1) is 8.29. The Labute approximate surface area is 100 Å². The molecule has 92 valence electrons. The van der Waals surface area contributed by atoms with Crippen LogP contribution in [0.5, 0.6) is 0 Å². The lowest BCUT2D eigenvalue weighted by Gasteiger charge is -2.26. The number of pyridine rings is 1. The summed E-state index contributed by atoms with van der Waals surface area (Å²) in [6.45, 7) is 4.30. The van der Waals surface area contributed by atoms with E-state index in [0.29, 0.717) is 5.69 Å². The summed E-state index contributed by atoms with van der Waals surface area (Å²) in [5, 5.41) is 0. The molecular weight excluding hydrogens is 220 g/mol. The second-order valence-corrected chi connectivity index (χ2v) is 3.93. The molecule has 0 aromatic carbocycles. The normalized spacial score (nSPS) is 16.8. The minimum Gasteiger partial charge on any atom is -0.464 e. The van der Waals surface area contributed by atoms with Crippen molar-refractivity contribution in [1.82, 2.24) is 9.88 Å². The standard InChI is InChI=1S/C12H16N2O3/c1-16-12(15)11-3-2-10(8-13-11)9-14-4-6-17-7-5-14/h2-3,8H,4-7,9H2,1H3. The third kappa shape index (κ3) is 3.25. The molecule has 0 bridgehead atoms. The van der Waals surface area contributed by atoms with Crippen molar-refractivity contribution in [3.63, 3.8) is 0 Å². The highest BCUT2D eigenvalue weighted by Gasteiger charge is 2.11. The van der Waals surface area contributed by atoms with Crippen molar-refractivity contribution in [3.05, 3.63) is 29.6 Å². The van der Waals surface area contributed by atoms with Gasteiger partial charge in [0, 0.05) is 25.8 Å². The molecule has 0 spiro atoms. The molecule has 1 fully saturated rings. The second-order valence-electron chi connectivity index (χ2n) is 3.93. The first-order valence-electron chi connectivity index (χ1n) is 5.63. The van der Waals surface area contributed by atoms with Gasteiger partial charge in [-0.3, -0.25) is 4.90 Å². The molecule has 5 heteroatoms. The molecule has 17 heavy (non-hydrogen) atoms. The molecule has 5 nitrogen and oxygen atoms in total. The summed E-state index contributed by atoms with van der Waals surface area (Å²) >= 11 is 0. The number of nitrogens with zero attached hydrogens (tertiary/aromatic N) is 2. The number of hydrogen-bond donors (Lipinski definition) is 0. The molecule has 0 aliphatic carbocycles. The number of esters is 1. The highest BCUT2D eigenvalue weighted by molar-refractivity contribution is 5.86. The van der Waals surface area contributed by atoms with E-state index >= 15 is 0 Å².